The number of urea groups is 1. The van der Waals surface area contributed by atoms with Crippen molar-refractivity contribution in [2.24, 2.45) is 0 Å². The van der Waals surface area contributed by atoms with Crippen LogP contribution >= 0.6 is 0 Å². The maximum Gasteiger partial charge on any atom is 0.325 e. The zero-order chi connectivity index (χ0) is 19.7. The van der Waals surface area contributed by atoms with Gasteiger partial charge in [-0.15, -0.1) is 5.10 Å². The van der Waals surface area contributed by atoms with Crippen molar-refractivity contribution in [1.82, 2.24) is 30.4 Å². The topological polar surface area (TPSA) is 122 Å². The molecule has 2 N–H and O–H groups in total. The zero-order valence-electron chi connectivity index (χ0n) is 15.5. The predicted molar refractivity (Wildman–Crippen MR) is 98.6 cm³/mol. The summed E-state index contributed by atoms with van der Waals surface area (Å²) in [5, 5.41) is 16.6. The van der Waals surface area contributed by atoms with Crippen molar-refractivity contribution in [2.75, 3.05) is 11.9 Å². The van der Waals surface area contributed by atoms with Crippen LogP contribution in [0, 0.1) is 6.92 Å². The molecule has 2 aliphatic rings. The van der Waals surface area contributed by atoms with Crippen LogP contribution in [0.3, 0.4) is 0 Å². The van der Waals surface area contributed by atoms with E-state index in [0.717, 1.165) is 29.7 Å². The van der Waals surface area contributed by atoms with E-state index in [-0.39, 0.29) is 12.5 Å². The quantitative estimate of drug-likeness (QED) is 0.764. The van der Waals surface area contributed by atoms with Gasteiger partial charge in [0.25, 0.3) is 5.91 Å². The van der Waals surface area contributed by atoms with Gasteiger partial charge >= 0.3 is 6.03 Å². The third kappa shape index (κ3) is 3.21. The Morgan fingerprint density at radius 1 is 1.25 bits per heavy atom. The van der Waals surface area contributed by atoms with Crippen LogP contribution in [0.5, 0.6) is 0 Å². The van der Waals surface area contributed by atoms with Gasteiger partial charge in [0.05, 0.1) is 5.69 Å². The number of anilines is 1. The molecular weight excluding hydrogens is 362 g/mol. The lowest BCUT2D eigenvalue weighted by Gasteiger charge is -2.30. The van der Waals surface area contributed by atoms with Gasteiger partial charge in [-0.05, 0) is 47.9 Å². The maximum atomic E-state index is 12.8. The van der Waals surface area contributed by atoms with Gasteiger partial charge in [0.1, 0.15) is 18.4 Å². The monoisotopic (exact) mass is 383 g/mol. The minimum absolute atomic E-state index is 0.300. The smallest absolute Gasteiger partial charge is 0.324 e. The number of benzene rings is 1. The second kappa shape index (κ2) is 7.02. The molecular formula is C18H21N7O3. The molecule has 1 saturated carbocycles. The highest BCUT2D eigenvalue weighted by molar-refractivity contribution is 6.10. The third-order valence-electron chi connectivity index (χ3n) is 5.36. The summed E-state index contributed by atoms with van der Waals surface area (Å²) >= 11 is 0. The van der Waals surface area contributed by atoms with Crippen LogP contribution in [-0.2, 0) is 9.59 Å². The molecule has 146 valence electrons. The lowest BCUT2D eigenvalue weighted by Crippen LogP contribution is -2.48. The summed E-state index contributed by atoms with van der Waals surface area (Å²) in [6.45, 7) is 1.53. The second-order valence-electron chi connectivity index (χ2n) is 7.27. The van der Waals surface area contributed by atoms with E-state index >= 15 is 0 Å². The van der Waals surface area contributed by atoms with Gasteiger partial charge in [0, 0.05) is 5.69 Å². The SMILES string of the molecule is Cc1ccc(-n2cnnn2)cc1NC(=O)CN1C(=O)NC2(CCCCC2)C1=O. The molecule has 1 aromatic carbocycles. The molecule has 0 bridgehead atoms. The predicted octanol–water partition coefficient (Wildman–Crippen LogP) is 1.16. The van der Waals surface area contributed by atoms with Crippen molar-refractivity contribution in [2.45, 2.75) is 44.6 Å². The number of hydrogen-bond acceptors (Lipinski definition) is 6. The number of aryl methyl sites for hydroxylation is 1. The van der Waals surface area contributed by atoms with Crippen LogP contribution in [0.4, 0.5) is 10.5 Å². The molecule has 1 saturated heterocycles. The van der Waals surface area contributed by atoms with Crippen molar-refractivity contribution in [3.8, 4) is 5.69 Å². The normalized spacial score (nSPS) is 18.4. The Morgan fingerprint density at radius 2 is 2.04 bits per heavy atom. The molecule has 28 heavy (non-hydrogen) atoms. The van der Waals surface area contributed by atoms with Crippen LogP contribution in [0.1, 0.15) is 37.7 Å². The molecule has 1 aromatic heterocycles. The van der Waals surface area contributed by atoms with E-state index in [0.29, 0.717) is 24.2 Å². The van der Waals surface area contributed by atoms with E-state index in [9.17, 15) is 14.4 Å². The van der Waals surface area contributed by atoms with E-state index in [4.69, 9.17) is 0 Å². The Hall–Kier alpha value is -3.30. The van der Waals surface area contributed by atoms with Crippen LogP contribution < -0.4 is 10.6 Å². The lowest BCUT2D eigenvalue weighted by molar-refractivity contribution is -0.134. The fourth-order valence-corrected chi connectivity index (χ4v) is 3.81. The first kappa shape index (κ1) is 18.1. The van der Waals surface area contributed by atoms with E-state index in [1.165, 1.54) is 11.0 Å². The van der Waals surface area contributed by atoms with Gasteiger partial charge in [0.2, 0.25) is 5.91 Å². The average molecular weight is 383 g/mol. The molecule has 10 heteroatoms. The number of imide groups is 1. The summed E-state index contributed by atoms with van der Waals surface area (Å²) in [6, 6.07) is 4.89. The molecule has 2 fully saturated rings. The minimum atomic E-state index is -0.828. The lowest BCUT2D eigenvalue weighted by atomic mass is 9.82. The fourth-order valence-electron chi connectivity index (χ4n) is 3.81. The highest BCUT2D eigenvalue weighted by atomic mass is 16.2. The molecule has 1 aliphatic carbocycles. The Kier molecular flexibility index (Phi) is 4.54. The molecule has 1 aliphatic heterocycles. The first-order valence-electron chi connectivity index (χ1n) is 9.26. The summed E-state index contributed by atoms with van der Waals surface area (Å²) in [4.78, 5) is 38.7. The highest BCUT2D eigenvalue weighted by Crippen LogP contribution is 2.33. The molecule has 2 aromatic rings. The van der Waals surface area contributed by atoms with Gasteiger partial charge in [-0.3, -0.25) is 14.5 Å². The Balaban J connectivity index is 1.47. The number of aromatic nitrogens is 4. The molecule has 0 radical (unpaired) electrons. The van der Waals surface area contributed by atoms with Gasteiger partial charge in [-0.1, -0.05) is 25.3 Å². The van der Waals surface area contributed by atoms with Gasteiger partial charge in [0.15, 0.2) is 0 Å². The standard InChI is InChI=1S/C18H21N7O3/c1-12-5-6-13(25-11-19-22-23-25)9-14(12)20-15(26)10-24-16(27)18(21-17(24)28)7-3-2-4-8-18/h5-6,9,11H,2-4,7-8,10H2,1H3,(H,20,26)(H,21,28). The number of amides is 4. The second-order valence-corrected chi connectivity index (χ2v) is 7.27. The van der Waals surface area contributed by atoms with Crippen molar-refractivity contribution < 1.29 is 14.4 Å². The third-order valence-corrected chi connectivity index (χ3v) is 5.36. The van der Waals surface area contributed by atoms with Gasteiger partial charge < -0.3 is 10.6 Å². The van der Waals surface area contributed by atoms with Crippen LogP contribution in [0.2, 0.25) is 0 Å². The van der Waals surface area contributed by atoms with Gasteiger partial charge in [-0.2, -0.15) is 0 Å². The van der Waals surface area contributed by atoms with Crippen LogP contribution in [0.25, 0.3) is 5.69 Å². The Morgan fingerprint density at radius 3 is 2.75 bits per heavy atom. The van der Waals surface area contributed by atoms with Crippen molar-refractivity contribution in [3.63, 3.8) is 0 Å². The van der Waals surface area contributed by atoms with Crippen molar-refractivity contribution in [1.29, 1.82) is 0 Å². The Labute approximate surface area is 161 Å². The fraction of sp³-hybridized carbons (Fsp3) is 0.444. The molecule has 0 atom stereocenters. The summed E-state index contributed by atoms with van der Waals surface area (Å²) in [5.74, 6) is -0.736. The van der Waals surface area contributed by atoms with Crippen molar-refractivity contribution in [3.05, 3.63) is 30.1 Å². The first-order valence-corrected chi connectivity index (χ1v) is 9.26. The van der Waals surface area contributed by atoms with Crippen LogP contribution in [-0.4, -0.2) is 55.0 Å². The summed E-state index contributed by atoms with van der Waals surface area (Å²) in [5.41, 5.74) is 1.26. The molecule has 10 nitrogen and oxygen atoms in total. The number of hydrogen-bond donors (Lipinski definition) is 2. The summed E-state index contributed by atoms with van der Waals surface area (Å²) in [7, 11) is 0. The molecule has 4 amide bonds. The largest absolute Gasteiger partial charge is 0.325 e. The highest BCUT2D eigenvalue weighted by Gasteiger charge is 2.51. The minimum Gasteiger partial charge on any atom is -0.324 e. The van der Waals surface area contributed by atoms with Gasteiger partial charge in [-0.25, -0.2) is 9.48 Å². The molecule has 4 rings (SSSR count). The van der Waals surface area contributed by atoms with E-state index in [2.05, 4.69) is 26.2 Å². The molecule has 1 spiro atoms. The number of carbonyl (C=O) groups is 3. The number of nitrogens with zero attached hydrogens (tertiary/aromatic N) is 5. The molecule has 0 unspecified atom stereocenters. The number of nitrogens with one attached hydrogen (secondary N) is 2. The van der Waals surface area contributed by atoms with E-state index in [1.807, 2.05) is 19.1 Å². The number of tetrazole rings is 1. The summed E-state index contributed by atoms with van der Waals surface area (Å²) in [6.07, 6.45) is 5.56. The van der Waals surface area contributed by atoms with E-state index in [1.54, 1.807) is 6.07 Å². The summed E-state index contributed by atoms with van der Waals surface area (Å²) < 4.78 is 1.47. The first-order chi connectivity index (χ1) is 13.5. The number of carbonyl (C=O) groups excluding carboxylic acids is 3. The zero-order valence-corrected chi connectivity index (χ0v) is 15.5. The van der Waals surface area contributed by atoms with Crippen molar-refractivity contribution >= 4 is 23.5 Å². The average Bonchev–Trinajstić information content (AvgIpc) is 3.29. The van der Waals surface area contributed by atoms with E-state index < -0.39 is 17.5 Å². The molecule has 2 heterocycles. The number of rotatable bonds is 4. The van der Waals surface area contributed by atoms with Crippen LogP contribution in [0.15, 0.2) is 24.5 Å². The maximum absolute atomic E-state index is 12.8. The Bertz CT molecular complexity index is 919.